The average Bonchev–Trinajstić information content (AvgIpc) is 3.06. The van der Waals surface area contributed by atoms with Crippen molar-refractivity contribution in [2.75, 3.05) is 0 Å². The first kappa shape index (κ1) is 16.0. The van der Waals surface area contributed by atoms with Crippen LogP contribution in [0.2, 0.25) is 0 Å². The molecule has 0 aliphatic rings. The fourth-order valence-corrected chi connectivity index (χ4v) is 3.42. The van der Waals surface area contributed by atoms with Crippen LogP contribution in [-0.2, 0) is 0 Å². The Morgan fingerprint density at radius 1 is 1.25 bits per heavy atom. The van der Waals surface area contributed by atoms with E-state index in [0.717, 1.165) is 16.1 Å². The molecular weight excluding hydrogens is 318 g/mol. The topological polar surface area (TPSA) is 66.6 Å². The number of aryl methyl sites for hydroxylation is 2. The summed E-state index contributed by atoms with van der Waals surface area (Å²) in [6, 6.07) is 13.4. The number of nitrogens with zero attached hydrogens (tertiary/aromatic N) is 3. The van der Waals surface area contributed by atoms with Crippen molar-refractivity contribution >= 4 is 17.1 Å². The van der Waals surface area contributed by atoms with Gasteiger partial charge in [0.2, 0.25) is 5.78 Å². The van der Waals surface area contributed by atoms with Gasteiger partial charge in [-0.1, -0.05) is 29.8 Å². The van der Waals surface area contributed by atoms with E-state index in [-0.39, 0.29) is 5.78 Å². The van der Waals surface area contributed by atoms with Crippen LogP contribution in [0.25, 0.3) is 10.6 Å². The molecule has 1 unspecified atom stereocenters. The van der Waals surface area contributed by atoms with E-state index < -0.39 is 5.92 Å². The van der Waals surface area contributed by atoms with Crippen molar-refractivity contribution in [3.63, 3.8) is 0 Å². The molecule has 2 heterocycles. The molecule has 0 N–H and O–H groups in total. The van der Waals surface area contributed by atoms with Crippen molar-refractivity contribution in [1.29, 1.82) is 5.26 Å². The molecule has 0 amide bonds. The first-order valence-corrected chi connectivity index (χ1v) is 8.36. The molecule has 0 saturated heterocycles. The SMILES string of the molecule is Cc1ccc(-c2nc(C(=O)C(C#N)c3ccccn3)cs2)c(C)c1. The summed E-state index contributed by atoms with van der Waals surface area (Å²) in [7, 11) is 0. The third-order valence-corrected chi connectivity index (χ3v) is 4.62. The number of benzene rings is 1. The molecule has 0 fully saturated rings. The van der Waals surface area contributed by atoms with Crippen LogP contribution >= 0.6 is 11.3 Å². The molecule has 0 spiro atoms. The maximum absolute atomic E-state index is 12.6. The van der Waals surface area contributed by atoms with E-state index in [4.69, 9.17) is 0 Å². The monoisotopic (exact) mass is 333 g/mol. The predicted octanol–water partition coefficient (Wildman–Crippen LogP) is 4.31. The molecule has 1 atom stereocenters. The van der Waals surface area contributed by atoms with Crippen molar-refractivity contribution in [2.24, 2.45) is 0 Å². The Bertz CT molecular complexity index is 925. The second-order valence-corrected chi connectivity index (χ2v) is 6.40. The standard InChI is InChI=1S/C19H15N3OS/c1-12-6-7-14(13(2)9-12)19-22-17(11-24-19)18(23)15(10-20)16-5-3-4-8-21-16/h3-9,11,15H,1-2H3. The number of nitriles is 1. The highest BCUT2D eigenvalue weighted by molar-refractivity contribution is 7.13. The van der Waals surface area contributed by atoms with Crippen LogP contribution in [0.1, 0.15) is 33.2 Å². The molecule has 4 nitrogen and oxygen atoms in total. The summed E-state index contributed by atoms with van der Waals surface area (Å²) in [5, 5.41) is 11.9. The predicted molar refractivity (Wildman–Crippen MR) is 93.9 cm³/mol. The number of thiazole rings is 1. The third-order valence-electron chi connectivity index (χ3n) is 3.74. The maximum Gasteiger partial charge on any atom is 0.205 e. The van der Waals surface area contributed by atoms with Gasteiger partial charge in [0, 0.05) is 17.1 Å². The van der Waals surface area contributed by atoms with Gasteiger partial charge in [0.1, 0.15) is 10.7 Å². The normalized spacial score (nSPS) is 11.7. The zero-order chi connectivity index (χ0) is 17.1. The number of rotatable bonds is 4. The van der Waals surface area contributed by atoms with Gasteiger partial charge < -0.3 is 0 Å². The van der Waals surface area contributed by atoms with Crippen LogP contribution in [0.4, 0.5) is 0 Å². The average molecular weight is 333 g/mol. The third kappa shape index (κ3) is 3.10. The lowest BCUT2D eigenvalue weighted by Crippen LogP contribution is -2.13. The lowest BCUT2D eigenvalue weighted by Gasteiger charge is -2.05. The minimum Gasteiger partial charge on any atom is -0.290 e. The quantitative estimate of drug-likeness (QED) is 0.667. The van der Waals surface area contributed by atoms with Crippen molar-refractivity contribution in [1.82, 2.24) is 9.97 Å². The molecule has 0 aliphatic heterocycles. The van der Waals surface area contributed by atoms with Crippen LogP contribution in [0.15, 0.2) is 48.0 Å². The van der Waals surface area contributed by atoms with Crippen LogP contribution in [-0.4, -0.2) is 15.8 Å². The van der Waals surface area contributed by atoms with Gasteiger partial charge in [0.05, 0.1) is 11.8 Å². The highest BCUT2D eigenvalue weighted by Gasteiger charge is 2.25. The summed E-state index contributed by atoms with van der Waals surface area (Å²) in [5.41, 5.74) is 4.07. The summed E-state index contributed by atoms with van der Waals surface area (Å²) >= 11 is 1.41. The first-order chi connectivity index (χ1) is 11.6. The summed E-state index contributed by atoms with van der Waals surface area (Å²) in [4.78, 5) is 21.2. The fourth-order valence-electron chi connectivity index (χ4n) is 2.52. The Balaban J connectivity index is 1.92. The number of carbonyl (C=O) groups excluding carboxylic acids is 1. The molecule has 3 rings (SSSR count). The van der Waals surface area contributed by atoms with Crippen molar-refractivity contribution < 1.29 is 4.79 Å². The van der Waals surface area contributed by atoms with Gasteiger partial charge in [-0.15, -0.1) is 11.3 Å². The molecule has 24 heavy (non-hydrogen) atoms. The number of hydrogen-bond acceptors (Lipinski definition) is 5. The minimum absolute atomic E-state index is 0.312. The highest BCUT2D eigenvalue weighted by atomic mass is 32.1. The van der Waals surface area contributed by atoms with E-state index in [1.54, 1.807) is 29.8 Å². The Labute approximate surface area is 144 Å². The summed E-state index contributed by atoms with van der Waals surface area (Å²) in [6.07, 6.45) is 1.58. The van der Waals surface area contributed by atoms with Gasteiger partial charge >= 0.3 is 0 Å². The zero-order valence-corrected chi connectivity index (χ0v) is 14.2. The van der Waals surface area contributed by atoms with E-state index >= 15 is 0 Å². The summed E-state index contributed by atoms with van der Waals surface area (Å²) in [5.74, 6) is -1.25. The zero-order valence-electron chi connectivity index (χ0n) is 13.4. The highest BCUT2D eigenvalue weighted by Crippen LogP contribution is 2.29. The lowest BCUT2D eigenvalue weighted by atomic mass is 9.99. The van der Waals surface area contributed by atoms with Gasteiger partial charge in [0.25, 0.3) is 0 Å². The number of hydrogen-bond donors (Lipinski definition) is 0. The second-order valence-electron chi connectivity index (χ2n) is 5.54. The fraction of sp³-hybridized carbons (Fsp3) is 0.158. The Kier molecular flexibility index (Phi) is 4.50. The molecule has 0 saturated carbocycles. The van der Waals surface area contributed by atoms with Gasteiger partial charge in [-0.05, 0) is 31.5 Å². The smallest absolute Gasteiger partial charge is 0.205 e. The largest absolute Gasteiger partial charge is 0.290 e. The Morgan fingerprint density at radius 3 is 2.75 bits per heavy atom. The number of aromatic nitrogens is 2. The molecular formula is C19H15N3OS. The van der Waals surface area contributed by atoms with E-state index in [1.165, 1.54) is 16.9 Å². The van der Waals surface area contributed by atoms with Crippen LogP contribution in [0, 0.1) is 25.2 Å². The number of ketones is 1. The molecule has 0 bridgehead atoms. The van der Waals surface area contributed by atoms with Crippen LogP contribution in [0.5, 0.6) is 0 Å². The van der Waals surface area contributed by atoms with E-state index in [1.807, 2.05) is 32.0 Å². The van der Waals surface area contributed by atoms with Crippen LogP contribution < -0.4 is 0 Å². The van der Waals surface area contributed by atoms with E-state index in [0.29, 0.717) is 11.4 Å². The maximum atomic E-state index is 12.6. The number of pyridine rings is 1. The van der Waals surface area contributed by atoms with Gasteiger partial charge in [-0.2, -0.15) is 5.26 Å². The van der Waals surface area contributed by atoms with E-state index in [2.05, 4.69) is 16.0 Å². The van der Waals surface area contributed by atoms with Crippen molar-refractivity contribution in [2.45, 2.75) is 19.8 Å². The molecule has 0 aliphatic carbocycles. The first-order valence-electron chi connectivity index (χ1n) is 7.48. The molecule has 3 aromatic rings. The molecule has 5 heteroatoms. The van der Waals surface area contributed by atoms with Gasteiger partial charge in [0.15, 0.2) is 5.92 Å². The molecule has 0 radical (unpaired) electrons. The molecule has 1 aromatic carbocycles. The van der Waals surface area contributed by atoms with Crippen molar-refractivity contribution in [3.05, 3.63) is 70.5 Å². The number of Topliss-reactive ketones (excluding diaryl/α,β-unsaturated/α-hetero) is 1. The Morgan fingerprint density at radius 2 is 2.08 bits per heavy atom. The second kappa shape index (κ2) is 6.73. The molecule has 2 aromatic heterocycles. The molecule has 118 valence electrons. The van der Waals surface area contributed by atoms with E-state index in [9.17, 15) is 10.1 Å². The summed E-state index contributed by atoms with van der Waals surface area (Å²) in [6.45, 7) is 4.06. The van der Waals surface area contributed by atoms with Crippen LogP contribution in [0.3, 0.4) is 0 Å². The Hall–Kier alpha value is -2.84. The number of carbonyl (C=O) groups is 1. The lowest BCUT2D eigenvalue weighted by molar-refractivity contribution is 0.0973. The van der Waals surface area contributed by atoms with Gasteiger partial charge in [-0.25, -0.2) is 4.98 Å². The van der Waals surface area contributed by atoms with Gasteiger partial charge in [-0.3, -0.25) is 9.78 Å². The minimum atomic E-state index is -0.930. The van der Waals surface area contributed by atoms with Crippen molar-refractivity contribution in [3.8, 4) is 16.6 Å². The summed E-state index contributed by atoms with van der Waals surface area (Å²) < 4.78 is 0.